The molecule has 18 heavy (non-hydrogen) atoms. The van der Waals surface area contributed by atoms with Crippen LogP contribution in [0, 0.1) is 0 Å². The zero-order chi connectivity index (χ0) is 12.7. The van der Waals surface area contributed by atoms with Crippen molar-refractivity contribution in [3.8, 4) is 0 Å². The number of carbonyl (C=O) groups excluding carboxylic acids is 1. The maximum Gasteiger partial charge on any atom is 0.274 e. The Morgan fingerprint density at radius 2 is 2.22 bits per heavy atom. The maximum absolute atomic E-state index is 12.4. The number of hydrogen-bond acceptors (Lipinski definition) is 4. The molecule has 0 aromatic carbocycles. The maximum atomic E-state index is 12.4. The number of H-pyrrole nitrogens is 1. The van der Waals surface area contributed by atoms with Crippen LogP contribution in [0.5, 0.6) is 0 Å². The second-order valence-electron chi connectivity index (χ2n) is 5.29. The van der Waals surface area contributed by atoms with E-state index in [2.05, 4.69) is 22.1 Å². The van der Waals surface area contributed by atoms with E-state index < -0.39 is 0 Å². The number of fused-ring (bicyclic) bond motifs is 2. The summed E-state index contributed by atoms with van der Waals surface area (Å²) in [6, 6.07) is 1.12. The van der Waals surface area contributed by atoms with Gasteiger partial charge < -0.3 is 10.6 Å². The van der Waals surface area contributed by atoms with Gasteiger partial charge in [-0.05, 0) is 26.3 Å². The fourth-order valence-corrected chi connectivity index (χ4v) is 3.12. The predicted molar refractivity (Wildman–Crippen MR) is 68.1 cm³/mol. The Balaban J connectivity index is 1.78. The summed E-state index contributed by atoms with van der Waals surface area (Å²) in [6.45, 7) is 1.60. The highest BCUT2D eigenvalue weighted by Gasteiger charge is 2.36. The Kier molecular flexibility index (Phi) is 2.74. The highest BCUT2D eigenvalue weighted by Crippen LogP contribution is 2.29. The smallest absolute Gasteiger partial charge is 0.274 e. The van der Waals surface area contributed by atoms with Gasteiger partial charge in [0.05, 0.1) is 11.9 Å². The largest absolute Gasteiger partial charge is 0.396 e. The zero-order valence-corrected chi connectivity index (χ0v) is 10.6. The van der Waals surface area contributed by atoms with Crippen LogP contribution in [-0.2, 0) is 0 Å². The van der Waals surface area contributed by atoms with Crippen molar-refractivity contribution in [2.75, 3.05) is 25.9 Å². The van der Waals surface area contributed by atoms with Gasteiger partial charge in [0.25, 0.3) is 5.91 Å². The SMILES string of the molecule is CN1C2CCC1CN(C(=O)c1[nH]ncc1N)CC2. The summed E-state index contributed by atoms with van der Waals surface area (Å²) in [7, 11) is 2.17. The minimum Gasteiger partial charge on any atom is -0.396 e. The quantitative estimate of drug-likeness (QED) is 0.750. The second kappa shape index (κ2) is 4.28. The molecule has 0 spiro atoms. The molecule has 2 saturated heterocycles. The molecule has 2 bridgehead atoms. The van der Waals surface area contributed by atoms with Crippen LogP contribution in [0.3, 0.4) is 0 Å². The molecule has 1 amide bonds. The number of likely N-dealkylation sites (tertiary alicyclic amines) is 1. The van der Waals surface area contributed by atoms with Crippen LogP contribution in [0.25, 0.3) is 0 Å². The number of amides is 1. The molecule has 3 N–H and O–H groups in total. The highest BCUT2D eigenvalue weighted by molar-refractivity contribution is 5.97. The van der Waals surface area contributed by atoms with E-state index in [0.717, 1.165) is 19.5 Å². The second-order valence-corrected chi connectivity index (χ2v) is 5.29. The molecule has 6 nitrogen and oxygen atoms in total. The molecule has 2 aliphatic rings. The van der Waals surface area contributed by atoms with Crippen molar-refractivity contribution in [1.29, 1.82) is 0 Å². The number of rotatable bonds is 1. The molecule has 3 rings (SSSR count). The summed E-state index contributed by atoms with van der Waals surface area (Å²) in [4.78, 5) is 16.7. The third-order valence-corrected chi connectivity index (χ3v) is 4.32. The third-order valence-electron chi connectivity index (χ3n) is 4.32. The number of nitrogens with zero attached hydrogens (tertiary/aromatic N) is 3. The lowest BCUT2D eigenvalue weighted by Crippen LogP contribution is -2.40. The summed E-state index contributed by atoms with van der Waals surface area (Å²) in [5.74, 6) is -0.0223. The summed E-state index contributed by atoms with van der Waals surface area (Å²) in [5, 5.41) is 6.51. The van der Waals surface area contributed by atoms with Crippen molar-refractivity contribution in [2.24, 2.45) is 0 Å². The van der Waals surface area contributed by atoms with E-state index in [0.29, 0.717) is 23.5 Å². The first-order valence-electron chi connectivity index (χ1n) is 6.47. The average Bonchev–Trinajstić information content (AvgIpc) is 2.84. The van der Waals surface area contributed by atoms with Gasteiger partial charge in [0.15, 0.2) is 0 Å². The van der Waals surface area contributed by atoms with Gasteiger partial charge in [0.1, 0.15) is 5.69 Å². The third kappa shape index (κ3) is 1.77. The van der Waals surface area contributed by atoms with Crippen LogP contribution >= 0.6 is 0 Å². The number of hydrogen-bond donors (Lipinski definition) is 2. The number of aromatic nitrogens is 2. The van der Waals surface area contributed by atoms with Crippen molar-refractivity contribution in [1.82, 2.24) is 20.0 Å². The van der Waals surface area contributed by atoms with Crippen molar-refractivity contribution in [2.45, 2.75) is 31.3 Å². The van der Waals surface area contributed by atoms with Crippen LogP contribution in [0.4, 0.5) is 5.69 Å². The van der Waals surface area contributed by atoms with Crippen LogP contribution in [0.1, 0.15) is 29.8 Å². The first-order valence-corrected chi connectivity index (χ1v) is 6.47. The lowest BCUT2D eigenvalue weighted by molar-refractivity contribution is 0.0735. The van der Waals surface area contributed by atoms with Gasteiger partial charge in [-0.25, -0.2) is 0 Å². The van der Waals surface area contributed by atoms with Gasteiger partial charge in [0, 0.05) is 25.2 Å². The molecule has 2 unspecified atom stereocenters. The molecular weight excluding hydrogens is 230 g/mol. The molecule has 3 heterocycles. The molecule has 1 aromatic heterocycles. The summed E-state index contributed by atoms with van der Waals surface area (Å²) >= 11 is 0. The lowest BCUT2D eigenvalue weighted by atomic mass is 10.1. The number of aromatic amines is 1. The van der Waals surface area contributed by atoms with Gasteiger partial charge in [0.2, 0.25) is 0 Å². The molecule has 0 aliphatic carbocycles. The number of carbonyl (C=O) groups is 1. The summed E-state index contributed by atoms with van der Waals surface area (Å²) in [6.07, 6.45) is 4.98. The zero-order valence-electron chi connectivity index (χ0n) is 10.6. The number of anilines is 1. The number of nitrogens with one attached hydrogen (secondary N) is 1. The molecule has 1 aromatic rings. The Bertz CT molecular complexity index is 457. The highest BCUT2D eigenvalue weighted by atomic mass is 16.2. The van der Waals surface area contributed by atoms with Crippen LogP contribution in [0.2, 0.25) is 0 Å². The molecular formula is C12H19N5O. The van der Waals surface area contributed by atoms with Gasteiger partial charge in [-0.1, -0.05) is 0 Å². The van der Waals surface area contributed by atoms with Crippen LogP contribution < -0.4 is 5.73 Å². The minimum absolute atomic E-state index is 0.0223. The van der Waals surface area contributed by atoms with Crippen LogP contribution in [-0.4, -0.2) is 58.1 Å². The first kappa shape index (κ1) is 11.5. The standard InChI is InChI=1S/C12H19N5O/c1-16-8-2-3-9(16)7-17(5-4-8)12(18)11-10(13)6-14-15-11/h6,8-9H,2-5,7,13H2,1H3,(H,14,15). The van der Waals surface area contributed by atoms with Gasteiger partial charge in [-0.3, -0.25) is 14.8 Å². The molecule has 0 radical (unpaired) electrons. The van der Waals surface area contributed by atoms with Gasteiger partial charge in [-0.2, -0.15) is 5.10 Å². The molecule has 98 valence electrons. The Morgan fingerprint density at radius 1 is 1.44 bits per heavy atom. The molecule has 0 saturated carbocycles. The van der Waals surface area contributed by atoms with E-state index in [-0.39, 0.29) is 5.91 Å². The van der Waals surface area contributed by atoms with E-state index in [1.807, 2.05) is 4.90 Å². The molecule has 2 fully saturated rings. The van der Waals surface area contributed by atoms with E-state index in [4.69, 9.17) is 5.73 Å². The Hall–Kier alpha value is -1.56. The summed E-state index contributed by atoms with van der Waals surface area (Å²) in [5.41, 5.74) is 6.60. The van der Waals surface area contributed by atoms with Crippen molar-refractivity contribution < 1.29 is 4.79 Å². The minimum atomic E-state index is -0.0223. The number of nitrogens with two attached hydrogens (primary N) is 1. The van der Waals surface area contributed by atoms with Crippen LogP contribution in [0.15, 0.2) is 6.20 Å². The molecule has 2 aliphatic heterocycles. The normalized spacial score (nSPS) is 28.4. The Labute approximate surface area is 106 Å². The van der Waals surface area contributed by atoms with Crippen molar-refractivity contribution in [3.05, 3.63) is 11.9 Å². The average molecular weight is 249 g/mol. The van der Waals surface area contributed by atoms with Crippen molar-refractivity contribution in [3.63, 3.8) is 0 Å². The number of nitrogen functional groups attached to an aromatic ring is 1. The Morgan fingerprint density at radius 3 is 2.94 bits per heavy atom. The molecule has 2 atom stereocenters. The van der Waals surface area contributed by atoms with E-state index in [1.165, 1.54) is 19.0 Å². The monoisotopic (exact) mass is 249 g/mol. The fourth-order valence-electron chi connectivity index (χ4n) is 3.12. The van der Waals surface area contributed by atoms with Crippen molar-refractivity contribution >= 4 is 11.6 Å². The molecule has 6 heteroatoms. The summed E-state index contributed by atoms with van der Waals surface area (Å²) < 4.78 is 0. The topological polar surface area (TPSA) is 78.2 Å². The predicted octanol–water partition coefficient (Wildman–Crippen LogP) is 0.301. The first-order chi connectivity index (χ1) is 8.66. The fraction of sp³-hybridized carbons (Fsp3) is 0.667. The van der Waals surface area contributed by atoms with E-state index in [1.54, 1.807) is 0 Å². The number of likely N-dealkylation sites (N-methyl/N-ethyl adjacent to an activating group) is 1. The van der Waals surface area contributed by atoms with Gasteiger partial charge >= 0.3 is 0 Å². The van der Waals surface area contributed by atoms with E-state index >= 15 is 0 Å². The van der Waals surface area contributed by atoms with Gasteiger partial charge in [-0.15, -0.1) is 0 Å². The van der Waals surface area contributed by atoms with E-state index in [9.17, 15) is 4.79 Å². The lowest BCUT2D eigenvalue weighted by Gasteiger charge is -2.25.